The standard InChI is InChI=1S/C20H17ClN6O3S/c1-12(2)8-18-24-25-20(31-18)23-19(28)13(11-22)9-14-4-3-7-26(14)17-6-5-15(27(29)30)10-16(17)21/h3-7,9-10,12H,8H2,1-2H3,(H,23,25,28)/b13-9-. The number of nitrogens with one attached hydrogen (secondary N) is 1. The van der Waals surface area contributed by atoms with Crippen molar-refractivity contribution in [2.45, 2.75) is 20.3 Å². The van der Waals surface area contributed by atoms with E-state index >= 15 is 0 Å². The second-order valence-electron chi connectivity index (χ2n) is 6.92. The number of rotatable bonds is 7. The smallest absolute Gasteiger partial charge is 0.271 e. The molecule has 0 aliphatic rings. The summed E-state index contributed by atoms with van der Waals surface area (Å²) in [5, 5.41) is 32.3. The molecule has 3 rings (SSSR count). The molecule has 0 aliphatic carbocycles. The quantitative estimate of drug-likeness (QED) is 0.239. The number of hydrogen-bond donors (Lipinski definition) is 1. The Kier molecular flexibility index (Phi) is 6.79. The van der Waals surface area contributed by atoms with Gasteiger partial charge in [0.15, 0.2) is 0 Å². The van der Waals surface area contributed by atoms with Crippen molar-refractivity contribution in [3.8, 4) is 11.8 Å². The molecule has 0 bridgehead atoms. The van der Waals surface area contributed by atoms with Gasteiger partial charge in [0.2, 0.25) is 5.13 Å². The molecule has 0 saturated heterocycles. The molecule has 2 aromatic heterocycles. The molecule has 0 fully saturated rings. The number of carbonyl (C=O) groups is 1. The summed E-state index contributed by atoms with van der Waals surface area (Å²) in [6.07, 6.45) is 3.83. The Balaban J connectivity index is 1.85. The van der Waals surface area contributed by atoms with Crippen molar-refractivity contribution in [1.29, 1.82) is 5.26 Å². The molecule has 0 spiro atoms. The van der Waals surface area contributed by atoms with Crippen LogP contribution in [0, 0.1) is 27.4 Å². The summed E-state index contributed by atoms with van der Waals surface area (Å²) in [6, 6.07) is 9.36. The summed E-state index contributed by atoms with van der Waals surface area (Å²) >= 11 is 7.47. The van der Waals surface area contributed by atoms with Gasteiger partial charge in [0.05, 0.1) is 15.6 Å². The molecule has 1 N–H and O–H groups in total. The van der Waals surface area contributed by atoms with E-state index in [2.05, 4.69) is 29.4 Å². The topological polar surface area (TPSA) is 127 Å². The number of anilines is 1. The fraction of sp³-hybridized carbons (Fsp3) is 0.200. The van der Waals surface area contributed by atoms with Crippen LogP contribution in [0.25, 0.3) is 11.8 Å². The Hall–Kier alpha value is -3.55. The number of non-ortho nitro benzene ring substituents is 1. The number of benzene rings is 1. The zero-order valence-electron chi connectivity index (χ0n) is 16.6. The van der Waals surface area contributed by atoms with Crippen LogP contribution in [0.1, 0.15) is 24.5 Å². The fourth-order valence-electron chi connectivity index (χ4n) is 2.73. The average molecular weight is 457 g/mol. The first-order valence-corrected chi connectivity index (χ1v) is 10.3. The lowest BCUT2D eigenvalue weighted by Crippen LogP contribution is -2.13. The highest BCUT2D eigenvalue weighted by molar-refractivity contribution is 7.15. The second kappa shape index (κ2) is 9.51. The lowest BCUT2D eigenvalue weighted by Gasteiger charge is -2.09. The highest BCUT2D eigenvalue weighted by atomic mass is 35.5. The minimum absolute atomic E-state index is 0.135. The van der Waals surface area contributed by atoms with E-state index in [0.717, 1.165) is 11.4 Å². The number of hydrogen-bond acceptors (Lipinski definition) is 7. The molecule has 0 aliphatic heterocycles. The van der Waals surface area contributed by atoms with Gasteiger partial charge < -0.3 is 4.57 Å². The molecule has 31 heavy (non-hydrogen) atoms. The number of nitrogens with zero attached hydrogens (tertiary/aromatic N) is 5. The maximum Gasteiger partial charge on any atom is 0.271 e. The number of nitriles is 1. The lowest BCUT2D eigenvalue weighted by molar-refractivity contribution is -0.384. The Labute approximate surface area is 186 Å². The molecule has 2 heterocycles. The van der Waals surface area contributed by atoms with E-state index in [0.29, 0.717) is 22.4 Å². The van der Waals surface area contributed by atoms with Crippen LogP contribution >= 0.6 is 22.9 Å². The van der Waals surface area contributed by atoms with Crippen molar-refractivity contribution in [3.63, 3.8) is 0 Å². The molecule has 0 atom stereocenters. The summed E-state index contributed by atoms with van der Waals surface area (Å²) in [5.41, 5.74) is 0.700. The summed E-state index contributed by atoms with van der Waals surface area (Å²) in [7, 11) is 0. The summed E-state index contributed by atoms with van der Waals surface area (Å²) in [6.45, 7) is 4.12. The van der Waals surface area contributed by atoms with Crippen molar-refractivity contribution in [2.24, 2.45) is 5.92 Å². The summed E-state index contributed by atoms with van der Waals surface area (Å²) in [4.78, 5) is 22.9. The predicted octanol–water partition coefficient (Wildman–Crippen LogP) is 4.63. The van der Waals surface area contributed by atoms with Crippen LogP contribution < -0.4 is 5.32 Å². The van der Waals surface area contributed by atoms with E-state index in [4.69, 9.17) is 11.6 Å². The zero-order valence-corrected chi connectivity index (χ0v) is 18.1. The number of halogens is 1. The minimum Gasteiger partial charge on any atom is -0.316 e. The van der Waals surface area contributed by atoms with E-state index in [9.17, 15) is 20.2 Å². The molecule has 0 saturated carbocycles. The number of aromatic nitrogens is 3. The highest BCUT2D eigenvalue weighted by Crippen LogP contribution is 2.27. The summed E-state index contributed by atoms with van der Waals surface area (Å²) < 4.78 is 1.63. The third-order valence-corrected chi connectivity index (χ3v) is 5.27. The van der Waals surface area contributed by atoms with Crippen LogP contribution in [0.15, 0.2) is 42.1 Å². The van der Waals surface area contributed by atoms with E-state index < -0.39 is 10.8 Å². The molecule has 11 heteroatoms. The summed E-state index contributed by atoms with van der Waals surface area (Å²) in [5.74, 6) is -0.206. The minimum atomic E-state index is -0.614. The van der Waals surface area contributed by atoms with Gasteiger partial charge in [0.1, 0.15) is 16.6 Å². The van der Waals surface area contributed by atoms with Crippen LogP contribution in [0.4, 0.5) is 10.8 Å². The van der Waals surface area contributed by atoms with Gasteiger partial charge in [-0.25, -0.2) is 0 Å². The molecule has 1 amide bonds. The molecule has 1 aromatic carbocycles. The molecule has 0 unspecified atom stereocenters. The van der Waals surface area contributed by atoms with Gasteiger partial charge in [-0.2, -0.15) is 5.26 Å². The predicted molar refractivity (Wildman–Crippen MR) is 118 cm³/mol. The Bertz CT molecular complexity index is 1210. The van der Waals surface area contributed by atoms with E-state index in [1.807, 2.05) is 6.07 Å². The normalized spacial score (nSPS) is 11.4. The number of nitro benzene ring substituents is 1. The highest BCUT2D eigenvalue weighted by Gasteiger charge is 2.16. The number of nitro groups is 1. The van der Waals surface area contributed by atoms with Gasteiger partial charge in [-0.1, -0.05) is 36.8 Å². The van der Waals surface area contributed by atoms with Gasteiger partial charge in [-0.15, -0.1) is 10.2 Å². The molecular weight excluding hydrogens is 440 g/mol. The van der Waals surface area contributed by atoms with Gasteiger partial charge >= 0.3 is 0 Å². The maximum absolute atomic E-state index is 12.6. The Morgan fingerprint density at radius 3 is 2.84 bits per heavy atom. The largest absolute Gasteiger partial charge is 0.316 e. The van der Waals surface area contributed by atoms with Crippen molar-refractivity contribution in [2.75, 3.05) is 5.32 Å². The first kappa shape index (κ1) is 22.1. The van der Waals surface area contributed by atoms with Gasteiger partial charge in [-0.05, 0) is 30.2 Å². The molecule has 0 radical (unpaired) electrons. The van der Waals surface area contributed by atoms with Crippen LogP contribution in [0.3, 0.4) is 0 Å². The zero-order chi connectivity index (χ0) is 22.5. The third-order valence-electron chi connectivity index (χ3n) is 4.11. The fourth-order valence-corrected chi connectivity index (χ4v) is 3.95. The van der Waals surface area contributed by atoms with Gasteiger partial charge in [0.25, 0.3) is 11.6 Å². The van der Waals surface area contributed by atoms with E-state index in [-0.39, 0.29) is 16.3 Å². The maximum atomic E-state index is 12.6. The van der Waals surface area contributed by atoms with Crippen molar-refractivity contribution in [3.05, 3.63) is 67.9 Å². The Morgan fingerprint density at radius 1 is 1.42 bits per heavy atom. The van der Waals surface area contributed by atoms with Gasteiger partial charge in [0, 0.05) is 30.4 Å². The Morgan fingerprint density at radius 2 is 2.19 bits per heavy atom. The number of carbonyl (C=O) groups excluding carboxylic acids is 1. The molecule has 158 valence electrons. The van der Waals surface area contributed by atoms with Gasteiger partial charge in [-0.3, -0.25) is 20.2 Å². The second-order valence-corrected chi connectivity index (χ2v) is 8.39. The molecular formula is C20H17ClN6O3S. The molecule has 9 nitrogen and oxygen atoms in total. The van der Waals surface area contributed by atoms with Crippen LogP contribution in [0.5, 0.6) is 0 Å². The van der Waals surface area contributed by atoms with Crippen LogP contribution in [-0.2, 0) is 11.2 Å². The molecule has 3 aromatic rings. The lowest BCUT2D eigenvalue weighted by atomic mass is 10.1. The van der Waals surface area contributed by atoms with E-state index in [1.165, 1.54) is 35.6 Å². The average Bonchev–Trinajstić information content (AvgIpc) is 3.34. The van der Waals surface area contributed by atoms with Crippen molar-refractivity contribution in [1.82, 2.24) is 14.8 Å². The SMILES string of the molecule is CC(C)Cc1nnc(NC(=O)/C(C#N)=C\c2cccn2-c2ccc([N+](=O)[O-])cc2Cl)s1. The first-order valence-electron chi connectivity index (χ1n) is 9.15. The van der Waals surface area contributed by atoms with Crippen molar-refractivity contribution < 1.29 is 9.72 Å². The van der Waals surface area contributed by atoms with Crippen LogP contribution in [0.2, 0.25) is 5.02 Å². The first-order chi connectivity index (χ1) is 14.8. The van der Waals surface area contributed by atoms with Crippen LogP contribution in [-0.4, -0.2) is 25.6 Å². The number of amides is 1. The third kappa shape index (κ3) is 5.33. The van der Waals surface area contributed by atoms with E-state index in [1.54, 1.807) is 22.9 Å². The van der Waals surface area contributed by atoms with Crippen molar-refractivity contribution >= 4 is 45.7 Å². The monoisotopic (exact) mass is 456 g/mol.